The van der Waals surface area contributed by atoms with Gasteiger partial charge in [-0.1, -0.05) is 30.3 Å². The van der Waals surface area contributed by atoms with Crippen molar-refractivity contribution in [1.82, 2.24) is 15.1 Å². The van der Waals surface area contributed by atoms with E-state index in [4.69, 9.17) is 9.47 Å². The fourth-order valence-electron chi connectivity index (χ4n) is 3.74. The maximum Gasteiger partial charge on any atom is 0.227 e. The van der Waals surface area contributed by atoms with Crippen LogP contribution in [-0.4, -0.2) is 61.4 Å². The summed E-state index contributed by atoms with van der Waals surface area (Å²) in [7, 11) is 3.28. The topological polar surface area (TPSA) is 67.8 Å². The lowest BCUT2D eigenvalue weighted by Gasteiger charge is -2.35. The highest BCUT2D eigenvalue weighted by atomic mass is 16.5. The molecule has 0 N–H and O–H groups in total. The van der Waals surface area contributed by atoms with Crippen LogP contribution in [0.25, 0.3) is 11.3 Å². The molecular weight excluding hydrogens is 392 g/mol. The molecule has 4 rings (SSSR count). The van der Waals surface area contributed by atoms with Gasteiger partial charge in [0.1, 0.15) is 11.5 Å². The van der Waals surface area contributed by atoms with E-state index in [1.165, 1.54) is 0 Å². The Morgan fingerprint density at radius 3 is 2.42 bits per heavy atom. The lowest BCUT2D eigenvalue weighted by atomic mass is 10.1. The summed E-state index contributed by atoms with van der Waals surface area (Å²) in [5, 5.41) is 8.80. The Kier molecular flexibility index (Phi) is 6.31. The second-order valence-corrected chi connectivity index (χ2v) is 7.37. The van der Waals surface area contributed by atoms with Gasteiger partial charge in [-0.2, -0.15) is 0 Å². The number of carbonyl (C=O) groups excluding carboxylic acids is 1. The van der Waals surface area contributed by atoms with Crippen molar-refractivity contribution >= 4 is 11.7 Å². The van der Waals surface area contributed by atoms with Crippen LogP contribution >= 0.6 is 0 Å². The quantitative estimate of drug-likeness (QED) is 0.613. The molecule has 3 aromatic rings. The van der Waals surface area contributed by atoms with Crippen LogP contribution in [0, 0.1) is 0 Å². The first-order valence-electron chi connectivity index (χ1n) is 10.3. The fourth-order valence-corrected chi connectivity index (χ4v) is 3.74. The number of aromatic nitrogens is 2. The highest BCUT2D eigenvalue weighted by Crippen LogP contribution is 2.23. The van der Waals surface area contributed by atoms with Gasteiger partial charge in [0.2, 0.25) is 5.91 Å². The number of methoxy groups -OCH3 is 2. The third-order valence-electron chi connectivity index (χ3n) is 5.51. The van der Waals surface area contributed by atoms with Gasteiger partial charge >= 0.3 is 0 Å². The average Bonchev–Trinajstić information content (AvgIpc) is 2.84. The fraction of sp³-hybridized carbons (Fsp3) is 0.292. The van der Waals surface area contributed by atoms with Gasteiger partial charge in [0.15, 0.2) is 5.82 Å². The highest BCUT2D eigenvalue weighted by Gasteiger charge is 2.23. The molecule has 1 saturated heterocycles. The molecule has 1 aromatic heterocycles. The van der Waals surface area contributed by atoms with Crippen LogP contribution in [0.1, 0.15) is 5.56 Å². The van der Waals surface area contributed by atoms with Crippen LogP contribution in [0.15, 0.2) is 60.7 Å². The van der Waals surface area contributed by atoms with Crippen molar-refractivity contribution in [1.29, 1.82) is 0 Å². The van der Waals surface area contributed by atoms with E-state index in [1.54, 1.807) is 14.2 Å². The maximum atomic E-state index is 12.7. The molecule has 31 heavy (non-hydrogen) atoms. The third kappa shape index (κ3) is 4.77. The first-order chi connectivity index (χ1) is 15.2. The molecule has 0 spiro atoms. The normalized spacial score (nSPS) is 13.7. The Bertz CT molecular complexity index is 1030. The summed E-state index contributed by atoms with van der Waals surface area (Å²) in [5.74, 6) is 2.48. The molecule has 1 aliphatic rings. The van der Waals surface area contributed by atoms with E-state index in [1.807, 2.05) is 65.6 Å². The lowest BCUT2D eigenvalue weighted by molar-refractivity contribution is -0.130. The Morgan fingerprint density at radius 2 is 1.71 bits per heavy atom. The zero-order valence-corrected chi connectivity index (χ0v) is 17.8. The lowest BCUT2D eigenvalue weighted by Crippen LogP contribution is -2.49. The van der Waals surface area contributed by atoms with Gasteiger partial charge in [0.25, 0.3) is 0 Å². The minimum absolute atomic E-state index is 0.114. The number of nitrogens with zero attached hydrogens (tertiary/aromatic N) is 4. The Hall–Kier alpha value is -3.61. The van der Waals surface area contributed by atoms with E-state index in [2.05, 4.69) is 15.1 Å². The number of carbonyl (C=O) groups is 1. The molecular formula is C24H26N4O3. The minimum Gasteiger partial charge on any atom is -0.497 e. The van der Waals surface area contributed by atoms with Gasteiger partial charge in [0.05, 0.1) is 26.3 Å². The average molecular weight is 418 g/mol. The largest absolute Gasteiger partial charge is 0.497 e. The number of para-hydroxylation sites is 1. The molecule has 0 bridgehead atoms. The van der Waals surface area contributed by atoms with Gasteiger partial charge in [-0.15, -0.1) is 10.2 Å². The van der Waals surface area contributed by atoms with Crippen LogP contribution in [0.4, 0.5) is 5.82 Å². The van der Waals surface area contributed by atoms with E-state index in [9.17, 15) is 4.79 Å². The van der Waals surface area contributed by atoms with Crippen molar-refractivity contribution in [2.45, 2.75) is 6.42 Å². The standard InChI is InChI=1S/C24H26N4O3/c1-30-20-8-5-7-18(16-20)21-10-11-23(26-25-21)27-12-14-28(15-13-27)24(29)17-19-6-3-4-9-22(19)31-2/h3-11,16H,12-15,17H2,1-2H3. The molecule has 160 valence electrons. The van der Waals surface area contributed by atoms with Crippen molar-refractivity contribution in [3.8, 4) is 22.8 Å². The van der Waals surface area contributed by atoms with Crippen LogP contribution in [0.3, 0.4) is 0 Å². The van der Waals surface area contributed by atoms with Gasteiger partial charge in [-0.25, -0.2) is 0 Å². The first kappa shape index (κ1) is 20.7. The second-order valence-electron chi connectivity index (χ2n) is 7.37. The van der Waals surface area contributed by atoms with Gasteiger partial charge < -0.3 is 19.3 Å². The first-order valence-corrected chi connectivity index (χ1v) is 10.3. The molecule has 7 heteroatoms. The summed E-state index contributed by atoms with van der Waals surface area (Å²) < 4.78 is 10.6. The Labute approximate surface area is 182 Å². The number of benzene rings is 2. The number of anilines is 1. The maximum absolute atomic E-state index is 12.7. The molecule has 0 aliphatic carbocycles. The molecule has 1 aliphatic heterocycles. The second kappa shape index (κ2) is 9.47. The van der Waals surface area contributed by atoms with Crippen molar-refractivity contribution in [2.75, 3.05) is 45.3 Å². The predicted octanol–water partition coefficient (Wildman–Crippen LogP) is 3.05. The molecule has 7 nitrogen and oxygen atoms in total. The van der Waals surface area contributed by atoms with Gasteiger partial charge in [0, 0.05) is 37.3 Å². The number of amides is 1. The molecule has 0 saturated carbocycles. The van der Waals surface area contributed by atoms with E-state index in [-0.39, 0.29) is 5.91 Å². The van der Waals surface area contributed by atoms with Crippen molar-refractivity contribution in [2.24, 2.45) is 0 Å². The molecule has 0 radical (unpaired) electrons. The molecule has 2 aromatic carbocycles. The summed E-state index contributed by atoms with van der Waals surface area (Å²) in [5.41, 5.74) is 2.68. The Balaban J connectivity index is 1.35. The van der Waals surface area contributed by atoms with Crippen molar-refractivity contribution in [3.63, 3.8) is 0 Å². The zero-order chi connectivity index (χ0) is 21.6. The van der Waals surface area contributed by atoms with Crippen molar-refractivity contribution < 1.29 is 14.3 Å². The molecule has 0 atom stereocenters. The monoisotopic (exact) mass is 418 g/mol. The van der Waals surface area contributed by atoms with E-state index < -0.39 is 0 Å². The smallest absolute Gasteiger partial charge is 0.227 e. The Morgan fingerprint density at radius 1 is 0.903 bits per heavy atom. The zero-order valence-electron chi connectivity index (χ0n) is 17.8. The van der Waals surface area contributed by atoms with E-state index in [0.29, 0.717) is 19.5 Å². The number of ether oxygens (including phenoxy) is 2. The SMILES string of the molecule is COc1cccc(-c2ccc(N3CCN(C(=O)Cc4ccccc4OC)CC3)nn2)c1. The number of hydrogen-bond acceptors (Lipinski definition) is 6. The van der Waals surface area contributed by atoms with Crippen LogP contribution in [0.2, 0.25) is 0 Å². The minimum atomic E-state index is 0.114. The summed E-state index contributed by atoms with van der Waals surface area (Å²) in [4.78, 5) is 16.8. The third-order valence-corrected chi connectivity index (χ3v) is 5.51. The summed E-state index contributed by atoms with van der Waals surface area (Å²) >= 11 is 0. The van der Waals surface area contributed by atoms with Gasteiger partial charge in [-0.3, -0.25) is 4.79 Å². The number of hydrogen-bond donors (Lipinski definition) is 0. The summed E-state index contributed by atoms with van der Waals surface area (Å²) in [6.45, 7) is 2.77. The summed E-state index contributed by atoms with van der Waals surface area (Å²) in [6.07, 6.45) is 0.346. The van der Waals surface area contributed by atoms with Gasteiger partial charge in [-0.05, 0) is 30.3 Å². The van der Waals surface area contributed by atoms with Crippen LogP contribution < -0.4 is 14.4 Å². The van der Waals surface area contributed by atoms with E-state index in [0.717, 1.165) is 47.2 Å². The molecule has 1 fully saturated rings. The molecule has 0 unspecified atom stereocenters. The van der Waals surface area contributed by atoms with Crippen LogP contribution in [0.5, 0.6) is 11.5 Å². The number of piperazine rings is 1. The highest BCUT2D eigenvalue weighted by molar-refractivity contribution is 5.79. The number of rotatable bonds is 6. The summed E-state index contributed by atoms with van der Waals surface area (Å²) in [6, 6.07) is 19.4. The van der Waals surface area contributed by atoms with E-state index >= 15 is 0 Å². The molecule has 1 amide bonds. The van der Waals surface area contributed by atoms with Crippen molar-refractivity contribution in [3.05, 3.63) is 66.2 Å². The molecule has 2 heterocycles. The predicted molar refractivity (Wildman–Crippen MR) is 120 cm³/mol. The van der Waals surface area contributed by atoms with Crippen LogP contribution in [-0.2, 0) is 11.2 Å².